The minimum absolute atomic E-state index is 0.284. The van der Waals surface area contributed by atoms with Crippen LogP contribution in [-0.4, -0.2) is 4.98 Å². The zero-order valence-corrected chi connectivity index (χ0v) is 8.89. The summed E-state index contributed by atoms with van der Waals surface area (Å²) in [6.45, 7) is 6.14. The minimum atomic E-state index is -0.284. The van der Waals surface area contributed by atoms with Crippen molar-refractivity contribution >= 4 is 10.9 Å². The van der Waals surface area contributed by atoms with E-state index in [1.54, 1.807) is 0 Å². The number of H-pyrrole nitrogens is 1. The number of aromatic amines is 1. The zero-order chi connectivity index (χ0) is 10.3. The van der Waals surface area contributed by atoms with Crippen molar-refractivity contribution in [2.24, 2.45) is 5.73 Å². The lowest BCUT2D eigenvalue weighted by Crippen LogP contribution is -2.28. The fourth-order valence-electron chi connectivity index (χ4n) is 1.77. The maximum absolute atomic E-state index is 6.09. The molecule has 0 aliphatic carbocycles. The molecule has 3 N–H and O–H groups in total. The van der Waals surface area contributed by atoms with Crippen molar-refractivity contribution in [1.29, 1.82) is 0 Å². The number of aryl methyl sites for hydroxylation is 1. The van der Waals surface area contributed by atoms with Crippen LogP contribution in [0.3, 0.4) is 0 Å². The first-order valence-electron chi connectivity index (χ1n) is 4.85. The van der Waals surface area contributed by atoms with E-state index >= 15 is 0 Å². The predicted molar refractivity (Wildman–Crippen MR) is 60.2 cm³/mol. The molecule has 0 saturated carbocycles. The Morgan fingerprint density at radius 1 is 1.29 bits per heavy atom. The summed E-state index contributed by atoms with van der Waals surface area (Å²) in [6.07, 6.45) is 2.00. The van der Waals surface area contributed by atoms with E-state index in [9.17, 15) is 0 Å². The Labute approximate surface area is 84.1 Å². The molecule has 14 heavy (non-hydrogen) atoms. The van der Waals surface area contributed by atoms with Crippen LogP contribution >= 0.6 is 0 Å². The summed E-state index contributed by atoms with van der Waals surface area (Å²) < 4.78 is 0. The van der Waals surface area contributed by atoms with Gasteiger partial charge in [-0.1, -0.05) is 12.1 Å². The van der Waals surface area contributed by atoms with E-state index in [-0.39, 0.29) is 5.54 Å². The average Bonchev–Trinajstić information content (AvgIpc) is 2.45. The summed E-state index contributed by atoms with van der Waals surface area (Å²) in [5, 5.41) is 1.23. The van der Waals surface area contributed by atoms with Crippen LogP contribution in [0.25, 0.3) is 10.9 Å². The second kappa shape index (κ2) is 2.85. The van der Waals surface area contributed by atoms with Gasteiger partial charge in [0.15, 0.2) is 0 Å². The largest absolute Gasteiger partial charge is 0.361 e. The van der Waals surface area contributed by atoms with Gasteiger partial charge in [0.2, 0.25) is 0 Å². The molecule has 2 aromatic rings. The lowest BCUT2D eigenvalue weighted by molar-refractivity contribution is 0.559. The number of nitrogens with one attached hydrogen (secondary N) is 1. The normalized spacial score (nSPS) is 12.3. The monoisotopic (exact) mass is 188 g/mol. The summed E-state index contributed by atoms with van der Waals surface area (Å²) in [5.74, 6) is 0. The molecule has 0 atom stereocenters. The molecule has 0 aliphatic rings. The topological polar surface area (TPSA) is 41.8 Å². The number of fused-ring (bicyclic) bond motifs is 1. The van der Waals surface area contributed by atoms with Crippen LogP contribution in [0.1, 0.15) is 25.0 Å². The summed E-state index contributed by atoms with van der Waals surface area (Å²) in [5.41, 5.74) is 9.40. The van der Waals surface area contributed by atoms with Crippen molar-refractivity contribution in [2.45, 2.75) is 26.3 Å². The minimum Gasteiger partial charge on any atom is -0.361 e. The van der Waals surface area contributed by atoms with Gasteiger partial charge in [-0.2, -0.15) is 0 Å². The second-order valence-electron chi connectivity index (χ2n) is 4.47. The first kappa shape index (κ1) is 9.28. The van der Waals surface area contributed by atoms with Crippen molar-refractivity contribution in [1.82, 2.24) is 4.98 Å². The predicted octanol–water partition coefficient (Wildman–Crippen LogP) is 2.67. The Bertz CT molecular complexity index is 461. The Kier molecular flexibility index (Phi) is 1.89. The number of aromatic nitrogens is 1. The van der Waals surface area contributed by atoms with Crippen LogP contribution in [0.4, 0.5) is 0 Å². The highest BCUT2D eigenvalue weighted by atomic mass is 14.8. The van der Waals surface area contributed by atoms with Crippen molar-refractivity contribution in [3.8, 4) is 0 Å². The van der Waals surface area contributed by atoms with Crippen molar-refractivity contribution < 1.29 is 0 Å². The maximum atomic E-state index is 6.09. The highest BCUT2D eigenvalue weighted by Crippen LogP contribution is 2.26. The highest BCUT2D eigenvalue weighted by Gasteiger charge is 2.18. The van der Waals surface area contributed by atoms with Crippen LogP contribution in [0, 0.1) is 6.92 Å². The third-order valence-electron chi connectivity index (χ3n) is 2.53. The van der Waals surface area contributed by atoms with Crippen LogP contribution in [-0.2, 0) is 5.54 Å². The molecule has 74 valence electrons. The van der Waals surface area contributed by atoms with Crippen molar-refractivity contribution in [2.75, 3.05) is 0 Å². The molecule has 1 heterocycles. The van der Waals surface area contributed by atoms with E-state index in [2.05, 4.69) is 30.1 Å². The number of benzene rings is 1. The summed E-state index contributed by atoms with van der Waals surface area (Å²) in [7, 11) is 0. The first-order valence-corrected chi connectivity index (χ1v) is 4.85. The average molecular weight is 188 g/mol. The van der Waals surface area contributed by atoms with Gasteiger partial charge in [-0.25, -0.2) is 0 Å². The zero-order valence-electron chi connectivity index (χ0n) is 8.89. The van der Waals surface area contributed by atoms with Crippen molar-refractivity contribution in [3.05, 3.63) is 35.5 Å². The highest BCUT2D eigenvalue weighted by molar-refractivity contribution is 5.84. The van der Waals surface area contributed by atoms with E-state index in [4.69, 9.17) is 5.73 Å². The molecular weight excluding hydrogens is 172 g/mol. The second-order valence-corrected chi connectivity index (χ2v) is 4.47. The Balaban J connectivity index is 2.70. The molecule has 0 amide bonds. The molecule has 1 aromatic carbocycles. The van der Waals surface area contributed by atoms with Crippen LogP contribution in [0.5, 0.6) is 0 Å². The molecular formula is C12H16N2. The van der Waals surface area contributed by atoms with Gasteiger partial charge in [0.05, 0.1) is 0 Å². The van der Waals surface area contributed by atoms with E-state index < -0.39 is 0 Å². The molecule has 2 nitrogen and oxygen atoms in total. The molecule has 0 unspecified atom stereocenters. The lowest BCUT2D eigenvalue weighted by atomic mass is 9.95. The Hall–Kier alpha value is -1.28. The third kappa shape index (κ3) is 1.42. The van der Waals surface area contributed by atoms with Gasteiger partial charge >= 0.3 is 0 Å². The van der Waals surface area contributed by atoms with E-state index in [1.807, 2.05) is 20.0 Å². The summed E-state index contributed by atoms with van der Waals surface area (Å²) >= 11 is 0. The van der Waals surface area contributed by atoms with Gasteiger partial charge in [0.1, 0.15) is 0 Å². The molecule has 0 bridgehead atoms. The van der Waals surface area contributed by atoms with Gasteiger partial charge < -0.3 is 10.7 Å². The summed E-state index contributed by atoms with van der Waals surface area (Å²) in [4.78, 5) is 3.26. The molecule has 0 spiro atoms. The SMILES string of the molecule is Cc1ccc2c(C(C)(C)N)c[nH]c2c1. The third-order valence-corrected chi connectivity index (χ3v) is 2.53. The molecule has 0 saturated heterocycles. The number of rotatable bonds is 1. The number of hydrogen-bond donors (Lipinski definition) is 2. The maximum Gasteiger partial charge on any atom is 0.0460 e. The first-order chi connectivity index (χ1) is 6.48. The number of nitrogens with two attached hydrogens (primary N) is 1. The quantitative estimate of drug-likeness (QED) is 0.709. The fourth-order valence-corrected chi connectivity index (χ4v) is 1.77. The standard InChI is InChI=1S/C12H16N2/c1-8-4-5-9-10(12(2,3)13)7-14-11(9)6-8/h4-7,14H,13H2,1-3H3. The molecule has 1 aromatic heterocycles. The van der Waals surface area contributed by atoms with Gasteiger partial charge in [-0.05, 0) is 38.0 Å². The van der Waals surface area contributed by atoms with Gasteiger partial charge in [-0.15, -0.1) is 0 Å². The van der Waals surface area contributed by atoms with Gasteiger partial charge in [-0.3, -0.25) is 0 Å². The smallest absolute Gasteiger partial charge is 0.0460 e. The molecule has 2 heteroatoms. The van der Waals surface area contributed by atoms with E-state index in [0.717, 1.165) is 0 Å². The van der Waals surface area contributed by atoms with Crippen molar-refractivity contribution in [3.63, 3.8) is 0 Å². The van der Waals surface area contributed by atoms with Gasteiger partial charge in [0, 0.05) is 22.6 Å². The van der Waals surface area contributed by atoms with Crippen LogP contribution in [0.15, 0.2) is 24.4 Å². The number of hydrogen-bond acceptors (Lipinski definition) is 1. The lowest BCUT2D eigenvalue weighted by Gasteiger charge is -2.17. The van der Waals surface area contributed by atoms with Gasteiger partial charge in [0.25, 0.3) is 0 Å². The Morgan fingerprint density at radius 2 is 2.00 bits per heavy atom. The molecule has 0 radical (unpaired) electrons. The van der Waals surface area contributed by atoms with Crippen LogP contribution < -0.4 is 5.73 Å². The summed E-state index contributed by atoms with van der Waals surface area (Å²) in [6, 6.07) is 6.39. The Morgan fingerprint density at radius 3 is 2.64 bits per heavy atom. The van der Waals surface area contributed by atoms with Crippen LogP contribution in [0.2, 0.25) is 0 Å². The molecule has 0 fully saturated rings. The van der Waals surface area contributed by atoms with E-state index in [0.29, 0.717) is 0 Å². The van der Waals surface area contributed by atoms with E-state index in [1.165, 1.54) is 22.0 Å². The molecule has 0 aliphatic heterocycles. The fraction of sp³-hybridized carbons (Fsp3) is 0.333. The molecule has 2 rings (SSSR count).